The van der Waals surface area contributed by atoms with Crippen LogP contribution in [0.4, 0.5) is 0 Å². The van der Waals surface area contributed by atoms with Crippen LogP contribution in [0.2, 0.25) is 5.02 Å². The summed E-state index contributed by atoms with van der Waals surface area (Å²) >= 11 is 6.11. The normalized spacial score (nSPS) is 16.1. The minimum Gasteiger partial charge on any atom is -0.473 e. The van der Waals surface area contributed by atoms with E-state index in [1.165, 1.54) is 10.6 Å². The predicted molar refractivity (Wildman–Crippen MR) is 88.4 cm³/mol. The molecule has 1 aliphatic rings. The number of carboxylic acid groups (broad SMARTS) is 2. The van der Waals surface area contributed by atoms with E-state index in [2.05, 4.69) is 4.90 Å². The van der Waals surface area contributed by atoms with E-state index in [0.29, 0.717) is 13.1 Å². The van der Waals surface area contributed by atoms with Crippen LogP contribution in [0.15, 0.2) is 24.3 Å². The number of sulfonamides is 1. The quantitative estimate of drug-likeness (QED) is 0.739. The van der Waals surface area contributed by atoms with Crippen LogP contribution in [-0.4, -0.2) is 72.2 Å². The van der Waals surface area contributed by atoms with Crippen molar-refractivity contribution in [3.8, 4) is 0 Å². The van der Waals surface area contributed by atoms with E-state index in [4.69, 9.17) is 31.4 Å². The number of halogens is 1. The smallest absolute Gasteiger partial charge is 0.414 e. The minimum absolute atomic E-state index is 0.559. The van der Waals surface area contributed by atoms with Gasteiger partial charge < -0.3 is 10.2 Å². The van der Waals surface area contributed by atoms with Crippen molar-refractivity contribution in [3.05, 3.63) is 34.9 Å². The molecule has 1 fully saturated rings. The van der Waals surface area contributed by atoms with Crippen molar-refractivity contribution in [3.63, 3.8) is 0 Å². The summed E-state index contributed by atoms with van der Waals surface area (Å²) in [6.45, 7) is 3.39. The molecule has 0 amide bonds. The lowest BCUT2D eigenvalue weighted by Gasteiger charge is -2.33. The molecular formula is C14H19ClN2O6S. The van der Waals surface area contributed by atoms with Gasteiger partial charge in [0.25, 0.3) is 0 Å². The monoisotopic (exact) mass is 378 g/mol. The van der Waals surface area contributed by atoms with Crippen LogP contribution in [0.1, 0.15) is 5.56 Å². The van der Waals surface area contributed by atoms with Crippen molar-refractivity contribution in [1.29, 1.82) is 0 Å². The first-order valence-corrected chi connectivity index (χ1v) is 9.21. The standard InChI is InChI=1S/C12H17ClN2O2S.C2H2O4/c1-18(16,17)15-8-6-14(7-9-15)10-11-4-2-3-5-12(11)13;3-1(4)2(5)6/h2-5H,6-10H2,1H3;(H,3,4)(H,5,6). The second kappa shape index (κ2) is 8.97. The molecule has 10 heteroatoms. The molecule has 24 heavy (non-hydrogen) atoms. The third-order valence-corrected chi connectivity index (χ3v) is 5.01. The molecule has 0 radical (unpaired) electrons. The number of hydrogen-bond donors (Lipinski definition) is 2. The van der Waals surface area contributed by atoms with Crippen molar-refractivity contribution in [2.45, 2.75) is 6.54 Å². The fourth-order valence-corrected chi connectivity index (χ4v) is 3.11. The van der Waals surface area contributed by atoms with E-state index in [9.17, 15) is 8.42 Å². The molecule has 1 heterocycles. The van der Waals surface area contributed by atoms with Crippen LogP contribution < -0.4 is 0 Å². The van der Waals surface area contributed by atoms with Crippen LogP contribution in [-0.2, 0) is 26.2 Å². The third kappa shape index (κ3) is 6.83. The van der Waals surface area contributed by atoms with Gasteiger partial charge in [-0.15, -0.1) is 0 Å². The van der Waals surface area contributed by atoms with Crippen LogP contribution >= 0.6 is 11.6 Å². The Hall–Kier alpha value is -1.68. The fourth-order valence-electron chi connectivity index (χ4n) is 2.09. The molecule has 0 bridgehead atoms. The van der Waals surface area contributed by atoms with Gasteiger partial charge in [0.2, 0.25) is 10.0 Å². The van der Waals surface area contributed by atoms with Gasteiger partial charge in [0, 0.05) is 37.7 Å². The molecule has 1 aromatic carbocycles. The van der Waals surface area contributed by atoms with Gasteiger partial charge in [-0.1, -0.05) is 29.8 Å². The summed E-state index contributed by atoms with van der Waals surface area (Å²) in [5.74, 6) is -3.65. The lowest BCUT2D eigenvalue weighted by Crippen LogP contribution is -2.47. The molecule has 1 aromatic rings. The third-order valence-electron chi connectivity index (χ3n) is 3.34. The molecule has 1 aliphatic heterocycles. The number of benzene rings is 1. The Morgan fingerprint density at radius 1 is 1.08 bits per heavy atom. The number of carbonyl (C=O) groups is 2. The molecule has 134 valence electrons. The van der Waals surface area contributed by atoms with E-state index in [1.54, 1.807) is 0 Å². The van der Waals surface area contributed by atoms with E-state index in [0.717, 1.165) is 30.2 Å². The molecule has 0 unspecified atom stereocenters. The average Bonchev–Trinajstić information content (AvgIpc) is 2.50. The molecule has 0 aliphatic carbocycles. The van der Waals surface area contributed by atoms with Gasteiger partial charge in [-0.05, 0) is 11.6 Å². The number of nitrogens with zero attached hydrogens (tertiary/aromatic N) is 2. The van der Waals surface area contributed by atoms with Gasteiger partial charge in [-0.2, -0.15) is 4.31 Å². The average molecular weight is 379 g/mol. The van der Waals surface area contributed by atoms with Gasteiger partial charge in [-0.3, -0.25) is 4.90 Å². The molecule has 2 rings (SSSR count). The summed E-state index contributed by atoms with van der Waals surface area (Å²) in [5, 5.41) is 15.5. The zero-order valence-corrected chi connectivity index (χ0v) is 14.6. The van der Waals surface area contributed by atoms with Crippen LogP contribution in [0.3, 0.4) is 0 Å². The van der Waals surface area contributed by atoms with E-state index in [1.807, 2.05) is 24.3 Å². The van der Waals surface area contributed by atoms with Crippen molar-refractivity contribution in [2.75, 3.05) is 32.4 Å². The molecule has 0 aromatic heterocycles. The Labute approximate surface area is 145 Å². The largest absolute Gasteiger partial charge is 0.473 e. The first-order valence-electron chi connectivity index (χ1n) is 6.98. The highest BCUT2D eigenvalue weighted by Gasteiger charge is 2.23. The Kier molecular flexibility index (Phi) is 7.61. The first-order chi connectivity index (χ1) is 11.1. The van der Waals surface area contributed by atoms with Gasteiger partial charge in [0.1, 0.15) is 0 Å². The van der Waals surface area contributed by atoms with Crippen LogP contribution in [0.5, 0.6) is 0 Å². The molecule has 2 N–H and O–H groups in total. The maximum Gasteiger partial charge on any atom is 0.414 e. The Morgan fingerprint density at radius 3 is 2.00 bits per heavy atom. The van der Waals surface area contributed by atoms with Crippen molar-refractivity contribution in [1.82, 2.24) is 9.21 Å². The summed E-state index contributed by atoms with van der Waals surface area (Å²) in [7, 11) is -3.05. The van der Waals surface area contributed by atoms with Crippen LogP contribution in [0.25, 0.3) is 0 Å². The fraction of sp³-hybridized carbons (Fsp3) is 0.429. The second-order valence-corrected chi connectivity index (χ2v) is 7.53. The molecule has 0 saturated carbocycles. The minimum atomic E-state index is -3.05. The molecule has 1 saturated heterocycles. The second-order valence-electron chi connectivity index (χ2n) is 5.14. The van der Waals surface area contributed by atoms with Gasteiger partial charge in [0.15, 0.2) is 0 Å². The first kappa shape index (κ1) is 20.4. The van der Waals surface area contributed by atoms with E-state index < -0.39 is 22.0 Å². The highest BCUT2D eigenvalue weighted by Crippen LogP contribution is 2.18. The van der Waals surface area contributed by atoms with Gasteiger partial charge in [0.05, 0.1) is 6.26 Å². The molecule has 0 atom stereocenters. The number of hydrogen-bond acceptors (Lipinski definition) is 5. The van der Waals surface area contributed by atoms with Crippen molar-refractivity contribution >= 4 is 33.6 Å². The Balaban J connectivity index is 0.000000413. The maximum atomic E-state index is 11.4. The van der Waals surface area contributed by atoms with Crippen LogP contribution in [0, 0.1) is 0 Å². The SMILES string of the molecule is CS(=O)(=O)N1CCN(Cc2ccccc2Cl)CC1.O=C(O)C(=O)O. The molecule has 8 nitrogen and oxygen atoms in total. The predicted octanol–water partition coefficient (Wildman–Crippen LogP) is 0.573. The highest BCUT2D eigenvalue weighted by atomic mass is 35.5. The Morgan fingerprint density at radius 2 is 1.58 bits per heavy atom. The number of aliphatic carboxylic acids is 2. The number of piperazine rings is 1. The number of rotatable bonds is 3. The van der Waals surface area contributed by atoms with E-state index in [-0.39, 0.29) is 0 Å². The van der Waals surface area contributed by atoms with Crippen molar-refractivity contribution in [2.24, 2.45) is 0 Å². The lowest BCUT2D eigenvalue weighted by atomic mass is 10.2. The maximum absolute atomic E-state index is 11.4. The van der Waals surface area contributed by atoms with E-state index >= 15 is 0 Å². The molecular weight excluding hydrogens is 360 g/mol. The topological polar surface area (TPSA) is 115 Å². The summed E-state index contributed by atoms with van der Waals surface area (Å²) in [6, 6.07) is 7.76. The zero-order chi connectivity index (χ0) is 18.3. The zero-order valence-electron chi connectivity index (χ0n) is 13.1. The highest BCUT2D eigenvalue weighted by molar-refractivity contribution is 7.88. The summed E-state index contributed by atoms with van der Waals surface area (Å²) < 4.78 is 24.3. The summed E-state index contributed by atoms with van der Waals surface area (Å²) in [5.41, 5.74) is 1.09. The number of carboxylic acids is 2. The lowest BCUT2D eigenvalue weighted by molar-refractivity contribution is -0.159. The van der Waals surface area contributed by atoms with Crippen molar-refractivity contribution < 1.29 is 28.2 Å². The Bertz CT molecular complexity index is 674. The van der Waals surface area contributed by atoms with Gasteiger partial charge in [-0.25, -0.2) is 18.0 Å². The van der Waals surface area contributed by atoms with Gasteiger partial charge >= 0.3 is 11.9 Å². The summed E-state index contributed by atoms with van der Waals surface area (Å²) in [4.78, 5) is 20.4. The molecule has 0 spiro atoms. The summed E-state index contributed by atoms with van der Waals surface area (Å²) in [6.07, 6.45) is 1.26.